The Labute approximate surface area is 174 Å². The maximum atomic E-state index is 11.4. The van der Waals surface area contributed by atoms with Crippen LogP contribution in [0.25, 0.3) is 0 Å². The van der Waals surface area contributed by atoms with E-state index in [0.29, 0.717) is 25.6 Å². The van der Waals surface area contributed by atoms with Gasteiger partial charge in [-0.1, -0.05) is 18.2 Å². The summed E-state index contributed by atoms with van der Waals surface area (Å²) in [4.78, 5) is 4.49. The maximum absolute atomic E-state index is 11.4. The van der Waals surface area contributed by atoms with Crippen molar-refractivity contribution in [2.75, 3.05) is 31.9 Å². The Morgan fingerprint density at radius 1 is 1.19 bits per heavy atom. The fourth-order valence-corrected chi connectivity index (χ4v) is 2.61. The molecule has 7 nitrogen and oxygen atoms in total. The van der Waals surface area contributed by atoms with Crippen molar-refractivity contribution in [2.24, 2.45) is 4.99 Å². The zero-order valence-electron chi connectivity index (χ0n) is 15.9. The number of aryl methyl sites for hydroxylation is 1. The zero-order chi connectivity index (χ0) is 18.7. The van der Waals surface area contributed by atoms with Crippen LogP contribution in [0.2, 0.25) is 0 Å². The largest absolute Gasteiger partial charge is 0.489 e. The number of benzene rings is 1. The Bertz CT molecular complexity index is 653. The first kappa shape index (κ1) is 24.9. The molecule has 0 saturated carbocycles. The van der Waals surface area contributed by atoms with E-state index in [1.54, 1.807) is 6.92 Å². The zero-order valence-corrected chi connectivity index (χ0v) is 19.1. The van der Waals surface area contributed by atoms with Crippen LogP contribution in [0.4, 0.5) is 0 Å². The molecule has 0 aliphatic carbocycles. The van der Waals surface area contributed by atoms with Gasteiger partial charge in [0.1, 0.15) is 11.9 Å². The molecule has 1 atom stereocenters. The molecule has 0 spiro atoms. The SMILES string of the molecule is CCNC(=NCC(C)Oc1ccccc1C)NCCNS(=O)(=O)CC.I. The molecule has 0 bridgehead atoms. The van der Waals surface area contributed by atoms with Gasteiger partial charge in [0.05, 0.1) is 12.3 Å². The number of sulfonamides is 1. The summed E-state index contributed by atoms with van der Waals surface area (Å²) < 4.78 is 31.2. The van der Waals surface area contributed by atoms with E-state index in [9.17, 15) is 8.42 Å². The highest BCUT2D eigenvalue weighted by Crippen LogP contribution is 2.17. The average molecular weight is 498 g/mol. The van der Waals surface area contributed by atoms with Crippen LogP contribution in [0, 0.1) is 6.92 Å². The van der Waals surface area contributed by atoms with Crippen molar-refractivity contribution in [3.05, 3.63) is 29.8 Å². The molecule has 0 aromatic heterocycles. The summed E-state index contributed by atoms with van der Waals surface area (Å²) in [5.41, 5.74) is 1.09. The molecule has 1 aromatic rings. The van der Waals surface area contributed by atoms with Crippen molar-refractivity contribution in [3.8, 4) is 5.75 Å². The molecule has 150 valence electrons. The van der Waals surface area contributed by atoms with E-state index in [1.807, 2.05) is 45.0 Å². The highest BCUT2D eigenvalue weighted by molar-refractivity contribution is 14.0. The van der Waals surface area contributed by atoms with E-state index in [4.69, 9.17) is 4.74 Å². The molecule has 0 aliphatic rings. The summed E-state index contributed by atoms with van der Waals surface area (Å²) in [6, 6.07) is 7.87. The van der Waals surface area contributed by atoms with Gasteiger partial charge in [-0.05, 0) is 39.3 Å². The smallest absolute Gasteiger partial charge is 0.211 e. The Hall–Kier alpha value is -1.07. The minimum atomic E-state index is -3.16. The molecular formula is C17H31IN4O3S. The number of hydrogen-bond donors (Lipinski definition) is 3. The number of halogens is 1. The molecule has 1 rings (SSSR count). The number of nitrogens with one attached hydrogen (secondary N) is 3. The molecule has 1 unspecified atom stereocenters. The molecule has 0 saturated heterocycles. The van der Waals surface area contributed by atoms with Crippen molar-refractivity contribution < 1.29 is 13.2 Å². The maximum Gasteiger partial charge on any atom is 0.211 e. The minimum Gasteiger partial charge on any atom is -0.489 e. The van der Waals surface area contributed by atoms with Crippen LogP contribution in [0.5, 0.6) is 5.75 Å². The molecule has 0 heterocycles. The van der Waals surface area contributed by atoms with Crippen molar-refractivity contribution in [1.82, 2.24) is 15.4 Å². The number of ether oxygens (including phenoxy) is 1. The standard InChI is InChI=1S/C17H30N4O3S.HI/c1-5-18-17(19-11-12-21-25(22,23)6-2)20-13-15(4)24-16-10-8-7-9-14(16)3;/h7-10,15,21H,5-6,11-13H2,1-4H3,(H2,18,19,20);1H. The van der Waals surface area contributed by atoms with E-state index in [-0.39, 0.29) is 35.8 Å². The van der Waals surface area contributed by atoms with Crippen LogP contribution in [-0.4, -0.2) is 52.4 Å². The third-order valence-corrected chi connectivity index (χ3v) is 4.80. The first-order valence-corrected chi connectivity index (χ1v) is 10.2. The third kappa shape index (κ3) is 10.2. The topological polar surface area (TPSA) is 91.8 Å². The van der Waals surface area contributed by atoms with Crippen molar-refractivity contribution in [3.63, 3.8) is 0 Å². The summed E-state index contributed by atoms with van der Waals surface area (Å²) in [6.45, 7) is 9.54. The second kappa shape index (κ2) is 13.2. The Morgan fingerprint density at radius 2 is 1.88 bits per heavy atom. The lowest BCUT2D eigenvalue weighted by molar-refractivity contribution is 0.228. The van der Waals surface area contributed by atoms with Crippen LogP contribution in [-0.2, 0) is 10.0 Å². The summed E-state index contributed by atoms with van der Waals surface area (Å²) in [7, 11) is -3.16. The van der Waals surface area contributed by atoms with Crippen LogP contribution in [0.15, 0.2) is 29.3 Å². The average Bonchev–Trinajstić information content (AvgIpc) is 2.58. The van der Waals surface area contributed by atoms with Gasteiger partial charge in [0, 0.05) is 19.6 Å². The molecule has 9 heteroatoms. The summed E-state index contributed by atoms with van der Waals surface area (Å²) in [6.07, 6.45) is -0.0739. The lowest BCUT2D eigenvalue weighted by Gasteiger charge is -2.16. The number of guanidine groups is 1. The number of rotatable bonds is 10. The lowest BCUT2D eigenvalue weighted by Crippen LogP contribution is -2.42. The fourth-order valence-electron chi connectivity index (χ4n) is 1.99. The normalized spacial score (nSPS) is 12.8. The van der Waals surface area contributed by atoms with E-state index >= 15 is 0 Å². The highest BCUT2D eigenvalue weighted by atomic mass is 127. The molecule has 26 heavy (non-hydrogen) atoms. The summed E-state index contributed by atoms with van der Waals surface area (Å²) in [5, 5.41) is 6.24. The van der Waals surface area contributed by atoms with Gasteiger partial charge in [-0.2, -0.15) is 0 Å². The molecule has 0 aliphatic heterocycles. The third-order valence-electron chi connectivity index (χ3n) is 3.39. The lowest BCUT2D eigenvalue weighted by atomic mass is 10.2. The van der Waals surface area contributed by atoms with E-state index in [0.717, 1.165) is 17.9 Å². The second-order valence-corrected chi connectivity index (χ2v) is 7.73. The molecule has 0 fully saturated rings. The van der Waals surface area contributed by atoms with Gasteiger partial charge in [-0.3, -0.25) is 0 Å². The van der Waals surface area contributed by atoms with Gasteiger partial charge in [0.2, 0.25) is 10.0 Å². The number of hydrogen-bond acceptors (Lipinski definition) is 4. The first-order chi connectivity index (χ1) is 11.9. The summed E-state index contributed by atoms with van der Waals surface area (Å²) in [5.74, 6) is 1.57. The molecule has 3 N–H and O–H groups in total. The number of aliphatic imine (C=N–C) groups is 1. The molecule has 0 amide bonds. The van der Waals surface area contributed by atoms with Gasteiger partial charge in [0.25, 0.3) is 0 Å². The molecular weight excluding hydrogens is 467 g/mol. The van der Waals surface area contributed by atoms with Crippen LogP contribution < -0.4 is 20.1 Å². The van der Waals surface area contributed by atoms with E-state index < -0.39 is 10.0 Å². The monoisotopic (exact) mass is 498 g/mol. The predicted octanol–water partition coefficient (Wildman–Crippen LogP) is 1.87. The quantitative estimate of drug-likeness (QED) is 0.198. The second-order valence-electron chi connectivity index (χ2n) is 5.64. The number of nitrogens with zero attached hydrogens (tertiary/aromatic N) is 1. The van der Waals surface area contributed by atoms with E-state index in [2.05, 4.69) is 20.3 Å². The Kier molecular flexibility index (Phi) is 12.6. The first-order valence-electron chi connectivity index (χ1n) is 8.59. The van der Waals surface area contributed by atoms with Gasteiger partial charge >= 0.3 is 0 Å². The highest BCUT2D eigenvalue weighted by Gasteiger charge is 2.07. The van der Waals surface area contributed by atoms with Crippen molar-refractivity contribution in [2.45, 2.75) is 33.8 Å². The molecule has 1 aromatic carbocycles. The van der Waals surface area contributed by atoms with Gasteiger partial charge in [0.15, 0.2) is 5.96 Å². The van der Waals surface area contributed by atoms with Gasteiger partial charge in [-0.15, -0.1) is 24.0 Å². The van der Waals surface area contributed by atoms with Gasteiger partial charge in [-0.25, -0.2) is 18.1 Å². The van der Waals surface area contributed by atoms with Crippen LogP contribution in [0.1, 0.15) is 26.3 Å². The number of para-hydroxylation sites is 1. The van der Waals surface area contributed by atoms with E-state index in [1.165, 1.54) is 0 Å². The molecule has 0 radical (unpaired) electrons. The van der Waals surface area contributed by atoms with Crippen molar-refractivity contribution >= 4 is 40.0 Å². The van der Waals surface area contributed by atoms with Crippen molar-refractivity contribution in [1.29, 1.82) is 0 Å². The van der Waals surface area contributed by atoms with Crippen LogP contribution >= 0.6 is 24.0 Å². The van der Waals surface area contributed by atoms with Crippen LogP contribution in [0.3, 0.4) is 0 Å². The summed E-state index contributed by atoms with van der Waals surface area (Å²) >= 11 is 0. The predicted molar refractivity (Wildman–Crippen MR) is 118 cm³/mol. The minimum absolute atomic E-state index is 0. The van der Waals surface area contributed by atoms with Gasteiger partial charge < -0.3 is 15.4 Å². The Balaban J connectivity index is 0.00000625. The fraction of sp³-hybridized carbons (Fsp3) is 0.588. The Morgan fingerprint density at radius 3 is 2.50 bits per heavy atom.